The highest BCUT2D eigenvalue weighted by atomic mass is 32.2. The molecule has 1 atom stereocenters. The second-order valence-electron chi connectivity index (χ2n) is 6.58. The molecule has 1 aliphatic heterocycles. The van der Waals surface area contributed by atoms with Gasteiger partial charge in [-0.05, 0) is 68.1 Å². The third-order valence-electron chi connectivity index (χ3n) is 4.60. The van der Waals surface area contributed by atoms with E-state index in [1.165, 1.54) is 0 Å². The summed E-state index contributed by atoms with van der Waals surface area (Å²) >= 11 is 0.934. The zero-order chi connectivity index (χ0) is 19.6. The summed E-state index contributed by atoms with van der Waals surface area (Å²) in [5, 5.41) is 7.63. The summed E-state index contributed by atoms with van der Waals surface area (Å²) in [7, 11) is -1.60. The predicted octanol–water partition coefficient (Wildman–Crippen LogP) is 2.83. The number of nitrogens with zero attached hydrogens (tertiary/aromatic N) is 1. The molecule has 2 aliphatic rings. The van der Waals surface area contributed by atoms with Gasteiger partial charge in [-0.15, -0.1) is 0 Å². The van der Waals surface area contributed by atoms with Gasteiger partial charge in [0, 0.05) is 5.69 Å². The average Bonchev–Trinajstić information content (AvgIpc) is 2.90. The SMILES string of the molecule is Cc1cc(NC(=O)CN2C(=O)SC(=C3CCCCC3)C2=O)ccc1S(N)=O. The van der Waals surface area contributed by atoms with Crippen LogP contribution >= 0.6 is 11.8 Å². The number of amides is 3. The highest BCUT2D eigenvalue weighted by Gasteiger charge is 2.38. The van der Waals surface area contributed by atoms with Gasteiger partial charge < -0.3 is 5.32 Å². The molecule has 27 heavy (non-hydrogen) atoms. The molecule has 0 radical (unpaired) electrons. The van der Waals surface area contributed by atoms with E-state index in [2.05, 4.69) is 5.32 Å². The number of aryl methyl sites for hydroxylation is 1. The maximum atomic E-state index is 12.6. The van der Waals surface area contributed by atoms with Gasteiger partial charge in [-0.3, -0.25) is 19.3 Å². The molecule has 1 heterocycles. The van der Waals surface area contributed by atoms with E-state index in [1.807, 2.05) is 0 Å². The first-order valence-corrected chi connectivity index (χ1v) is 10.7. The number of rotatable bonds is 4. The minimum atomic E-state index is -1.60. The summed E-state index contributed by atoms with van der Waals surface area (Å²) in [6.07, 6.45) is 4.89. The lowest BCUT2D eigenvalue weighted by Crippen LogP contribution is -2.36. The van der Waals surface area contributed by atoms with Gasteiger partial charge in [-0.2, -0.15) is 0 Å². The molecule has 1 saturated carbocycles. The van der Waals surface area contributed by atoms with Gasteiger partial charge in [0.15, 0.2) is 0 Å². The fourth-order valence-electron chi connectivity index (χ4n) is 3.25. The van der Waals surface area contributed by atoms with E-state index in [0.717, 1.165) is 54.3 Å². The standard InChI is InChI=1S/C18H21N3O4S2/c1-11-9-13(7-8-14(11)27(19)25)20-15(22)10-21-17(23)16(26-18(21)24)12-5-3-2-4-6-12/h7-9H,2-6,10,19H2,1H3,(H,20,22). The quantitative estimate of drug-likeness (QED) is 0.746. The van der Waals surface area contributed by atoms with Gasteiger partial charge >= 0.3 is 0 Å². The Balaban J connectivity index is 1.67. The first kappa shape index (κ1) is 19.8. The third-order valence-corrected chi connectivity index (χ3v) is 6.56. The van der Waals surface area contributed by atoms with Crippen LogP contribution in [0.1, 0.15) is 37.7 Å². The molecule has 3 amide bonds. The Hall–Kier alpha value is -1.97. The summed E-state index contributed by atoms with van der Waals surface area (Å²) in [5.41, 5.74) is 2.21. The van der Waals surface area contributed by atoms with Crippen LogP contribution in [0.2, 0.25) is 0 Å². The van der Waals surface area contributed by atoms with E-state index in [-0.39, 0.29) is 12.5 Å². The number of benzene rings is 1. The molecule has 144 valence electrons. The third kappa shape index (κ3) is 4.48. The van der Waals surface area contributed by atoms with Crippen molar-refractivity contribution < 1.29 is 18.6 Å². The molecular formula is C18H21N3O4S2. The fourth-order valence-corrected chi connectivity index (χ4v) is 4.81. The van der Waals surface area contributed by atoms with Gasteiger partial charge in [-0.25, -0.2) is 9.35 Å². The van der Waals surface area contributed by atoms with Crippen LogP contribution in [0.5, 0.6) is 0 Å². The Bertz CT molecular complexity index is 858. The maximum absolute atomic E-state index is 12.6. The molecule has 1 saturated heterocycles. The van der Waals surface area contributed by atoms with E-state index in [1.54, 1.807) is 25.1 Å². The minimum absolute atomic E-state index is 0.328. The number of allylic oxidation sites excluding steroid dienone is 1. The number of imide groups is 1. The minimum Gasteiger partial charge on any atom is -0.325 e. The summed E-state index contributed by atoms with van der Waals surface area (Å²) < 4.78 is 11.4. The highest BCUT2D eigenvalue weighted by molar-refractivity contribution is 8.18. The van der Waals surface area contributed by atoms with Crippen LogP contribution in [-0.2, 0) is 20.6 Å². The van der Waals surface area contributed by atoms with E-state index in [0.29, 0.717) is 21.1 Å². The Kier molecular flexibility index (Phi) is 6.13. The summed E-state index contributed by atoms with van der Waals surface area (Å²) in [6.45, 7) is 1.41. The predicted molar refractivity (Wildman–Crippen MR) is 105 cm³/mol. The number of hydrogen-bond donors (Lipinski definition) is 2. The van der Waals surface area contributed by atoms with Crippen LogP contribution in [0, 0.1) is 6.92 Å². The number of carbonyl (C=O) groups excluding carboxylic acids is 3. The van der Waals surface area contributed by atoms with Gasteiger partial charge in [0.05, 0.1) is 9.80 Å². The fraction of sp³-hybridized carbons (Fsp3) is 0.389. The van der Waals surface area contributed by atoms with Crippen LogP contribution < -0.4 is 10.5 Å². The van der Waals surface area contributed by atoms with Gasteiger partial charge in [0.25, 0.3) is 11.1 Å². The lowest BCUT2D eigenvalue weighted by molar-refractivity contribution is -0.127. The molecule has 0 spiro atoms. The molecule has 1 aromatic carbocycles. The molecule has 0 bridgehead atoms. The Morgan fingerprint density at radius 2 is 1.96 bits per heavy atom. The molecule has 3 N–H and O–H groups in total. The average molecular weight is 408 g/mol. The number of nitrogens with two attached hydrogens (primary N) is 1. The van der Waals surface area contributed by atoms with Crippen molar-refractivity contribution in [2.24, 2.45) is 5.14 Å². The smallest absolute Gasteiger partial charge is 0.294 e. The second kappa shape index (κ2) is 8.37. The molecule has 9 heteroatoms. The van der Waals surface area contributed by atoms with Crippen molar-refractivity contribution in [3.63, 3.8) is 0 Å². The number of carbonyl (C=O) groups is 3. The molecule has 2 fully saturated rings. The number of nitrogens with one attached hydrogen (secondary N) is 1. The first-order chi connectivity index (χ1) is 12.9. The zero-order valence-corrected chi connectivity index (χ0v) is 16.6. The van der Waals surface area contributed by atoms with Crippen molar-refractivity contribution in [3.05, 3.63) is 34.2 Å². The topological polar surface area (TPSA) is 110 Å². The van der Waals surface area contributed by atoms with E-state index in [4.69, 9.17) is 5.14 Å². The first-order valence-electron chi connectivity index (χ1n) is 8.69. The molecule has 0 aromatic heterocycles. The van der Waals surface area contributed by atoms with Gasteiger partial charge in [0.2, 0.25) is 5.91 Å². The Labute approximate surface area is 164 Å². The number of thioether (sulfide) groups is 1. The van der Waals surface area contributed by atoms with Crippen LogP contribution in [0.4, 0.5) is 10.5 Å². The highest BCUT2D eigenvalue weighted by Crippen LogP contribution is 2.38. The van der Waals surface area contributed by atoms with Crippen molar-refractivity contribution in [1.82, 2.24) is 4.90 Å². The Morgan fingerprint density at radius 3 is 2.59 bits per heavy atom. The van der Waals surface area contributed by atoms with Crippen LogP contribution in [0.15, 0.2) is 33.6 Å². The zero-order valence-electron chi connectivity index (χ0n) is 14.9. The van der Waals surface area contributed by atoms with E-state index in [9.17, 15) is 18.6 Å². The largest absolute Gasteiger partial charge is 0.325 e. The monoisotopic (exact) mass is 407 g/mol. The van der Waals surface area contributed by atoms with Crippen molar-refractivity contribution in [3.8, 4) is 0 Å². The van der Waals surface area contributed by atoms with Crippen molar-refractivity contribution in [1.29, 1.82) is 0 Å². The lowest BCUT2D eigenvalue weighted by atomic mass is 9.94. The maximum Gasteiger partial charge on any atom is 0.294 e. The van der Waals surface area contributed by atoms with Crippen molar-refractivity contribution >= 4 is 45.5 Å². The molecular weight excluding hydrogens is 386 g/mol. The second-order valence-corrected chi connectivity index (χ2v) is 8.57. The summed E-state index contributed by atoms with van der Waals surface area (Å²) in [6, 6.07) is 4.81. The van der Waals surface area contributed by atoms with E-state index < -0.39 is 22.1 Å². The normalized spacial score (nSPS) is 18.8. The lowest BCUT2D eigenvalue weighted by Gasteiger charge is -2.16. The number of hydrogen-bond acceptors (Lipinski definition) is 5. The van der Waals surface area contributed by atoms with Crippen LogP contribution in [-0.4, -0.2) is 32.7 Å². The van der Waals surface area contributed by atoms with Crippen molar-refractivity contribution in [2.45, 2.75) is 43.9 Å². The molecule has 1 aliphatic carbocycles. The van der Waals surface area contributed by atoms with Crippen LogP contribution in [0.3, 0.4) is 0 Å². The van der Waals surface area contributed by atoms with Gasteiger partial charge in [0.1, 0.15) is 17.5 Å². The van der Waals surface area contributed by atoms with Crippen LogP contribution in [0.25, 0.3) is 0 Å². The van der Waals surface area contributed by atoms with Gasteiger partial charge in [-0.1, -0.05) is 12.0 Å². The molecule has 1 unspecified atom stereocenters. The van der Waals surface area contributed by atoms with Crippen molar-refractivity contribution in [2.75, 3.05) is 11.9 Å². The summed E-state index contributed by atoms with van der Waals surface area (Å²) in [5.74, 6) is -0.838. The summed E-state index contributed by atoms with van der Waals surface area (Å²) in [4.78, 5) is 39.1. The Morgan fingerprint density at radius 1 is 1.26 bits per heavy atom. The molecule has 7 nitrogen and oxygen atoms in total. The number of anilines is 1. The molecule has 1 aromatic rings. The van der Waals surface area contributed by atoms with E-state index >= 15 is 0 Å². The molecule has 3 rings (SSSR count).